The Morgan fingerprint density at radius 2 is 1.83 bits per heavy atom. The van der Waals surface area contributed by atoms with Gasteiger partial charge in [-0.1, -0.05) is 12.1 Å². The number of rotatable bonds is 7. The van der Waals surface area contributed by atoms with E-state index in [0.717, 1.165) is 30.0 Å². The van der Waals surface area contributed by atoms with Gasteiger partial charge in [0.05, 0.1) is 11.3 Å². The summed E-state index contributed by atoms with van der Waals surface area (Å²) < 4.78 is 0. The molecule has 0 radical (unpaired) electrons. The fraction of sp³-hybridized carbons (Fsp3) is 0.208. The summed E-state index contributed by atoms with van der Waals surface area (Å²) in [5, 5.41) is 15.4. The minimum absolute atomic E-state index is 0.286. The Bertz CT molecular complexity index is 1080. The third kappa shape index (κ3) is 4.76. The van der Waals surface area contributed by atoms with Crippen molar-refractivity contribution in [3.63, 3.8) is 0 Å². The molecule has 2 aromatic carbocycles. The van der Waals surface area contributed by atoms with Gasteiger partial charge < -0.3 is 15.5 Å². The van der Waals surface area contributed by atoms with Crippen molar-refractivity contribution in [3.05, 3.63) is 77.6 Å². The first-order valence-electron chi connectivity index (χ1n) is 9.94. The van der Waals surface area contributed by atoms with Crippen LogP contribution >= 0.6 is 0 Å². The monoisotopic (exact) mass is 399 g/mol. The molecule has 0 bridgehead atoms. The van der Waals surface area contributed by atoms with Crippen molar-refractivity contribution in [1.82, 2.24) is 4.98 Å². The third-order valence-electron chi connectivity index (χ3n) is 4.91. The lowest BCUT2D eigenvalue weighted by Crippen LogP contribution is -2.22. The summed E-state index contributed by atoms with van der Waals surface area (Å²) in [4.78, 5) is 19.2. The van der Waals surface area contributed by atoms with Gasteiger partial charge in [-0.2, -0.15) is 5.26 Å². The number of benzene rings is 2. The van der Waals surface area contributed by atoms with Gasteiger partial charge in [-0.3, -0.25) is 9.78 Å². The highest BCUT2D eigenvalue weighted by Gasteiger charge is 2.12. The minimum atomic E-state index is -0.286. The summed E-state index contributed by atoms with van der Waals surface area (Å²) in [6, 6.07) is 18.8. The Balaban J connectivity index is 1.77. The average Bonchev–Trinajstić information content (AvgIpc) is 2.77. The second-order valence-electron chi connectivity index (χ2n) is 6.84. The van der Waals surface area contributed by atoms with Crippen molar-refractivity contribution < 1.29 is 4.79 Å². The second-order valence-corrected chi connectivity index (χ2v) is 6.84. The summed E-state index contributed by atoms with van der Waals surface area (Å²) in [6.07, 6.45) is 1.57. The fourth-order valence-corrected chi connectivity index (χ4v) is 3.24. The normalized spacial score (nSPS) is 10.2. The number of hydrogen-bond acceptors (Lipinski definition) is 5. The van der Waals surface area contributed by atoms with Crippen molar-refractivity contribution in [3.8, 4) is 6.07 Å². The average molecular weight is 399 g/mol. The van der Waals surface area contributed by atoms with Gasteiger partial charge in [-0.15, -0.1) is 0 Å². The van der Waals surface area contributed by atoms with Gasteiger partial charge in [0.2, 0.25) is 0 Å². The second kappa shape index (κ2) is 9.57. The van der Waals surface area contributed by atoms with E-state index in [1.165, 1.54) is 0 Å². The highest BCUT2D eigenvalue weighted by Crippen LogP contribution is 2.24. The smallest absolute Gasteiger partial charge is 0.274 e. The minimum Gasteiger partial charge on any atom is -0.372 e. The lowest BCUT2D eigenvalue weighted by atomic mass is 10.1. The Labute approximate surface area is 177 Å². The molecule has 0 aliphatic carbocycles. The van der Waals surface area contributed by atoms with Gasteiger partial charge in [0.25, 0.3) is 5.91 Å². The number of nitrogens with one attached hydrogen (secondary N) is 2. The van der Waals surface area contributed by atoms with E-state index in [4.69, 9.17) is 0 Å². The molecule has 0 unspecified atom stereocenters. The summed E-state index contributed by atoms with van der Waals surface area (Å²) in [6.45, 7) is 8.08. The van der Waals surface area contributed by atoms with E-state index in [-0.39, 0.29) is 5.91 Å². The first-order chi connectivity index (χ1) is 14.5. The van der Waals surface area contributed by atoms with E-state index in [1.807, 2.05) is 37.3 Å². The van der Waals surface area contributed by atoms with Gasteiger partial charge >= 0.3 is 0 Å². The number of amides is 1. The molecule has 152 valence electrons. The standard InChI is InChI=1S/C24H25N5O/c1-4-29(5-2)20-10-11-21(17(3)14-20)28-24(30)23-15-19(12-13-26-23)27-22-9-7-6-8-18(22)16-25/h6-15H,4-5H2,1-3H3,(H,26,27)(H,28,30). The summed E-state index contributed by atoms with van der Waals surface area (Å²) in [5.74, 6) is -0.286. The van der Waals surface area contributed by atoms with E-state index < -0.39 is 0 Å². The summed E-state index contributed by atoms with van der Waals surface area (Å²) in [7, 11) is 0. The van der Waals surface area contributed by atoms with Gasteiger partial charge in [-0.25, -0.2) is 0 Å². The van der Waals surface area contributed by atoms with Crippen LogP contribution in [0.2, 0.25) is 0 Å². The first kappa shape index (κ1) is 20.9. The zero-order valence-electron chi connectivity index (χ0n) is 17.4. The number of aryl methyl sites for hydroxylation is 1. The number of nitriles is 1. The quantitative estimate of drug-likeness (QED) is 0.577. The molecule has 0 aliphatic rings. The zero-order valence-corrected chi connectivity index (χ0v) is 17.4. The molecule has 1 aromatic heterocycles. The highest BCUT2D eigenvalue weighted by atomic mass is 16.1. The molecule has 6 nitrogen and oxygen atoms in total. The molecule has 0 fully saturated rings. The maximum absolute atomic E-state index is 12.8. The van der Waals surface area contributed by atoms with Crippen LogP contribution in [0.25, 0.3) is 0 Å². The lowest BCUT2D eigenvalue weighted by Gasteiger charge is -2.22. The van der Waals surface area contributed by atoms with Crippen LogP contribution in [0.4, 0.5) is 22.7 Å². The van der Waals surface area contributed by atoms with E-state index in [1.54, 1.807) is 24.4 Å². The molecule has 0 saturated carbocycles. The van der Waals surface area contributed by atoms with Crippen LogP contribution < -0.4 is 15.5 Å². The topological polar surface area (TPSA) is 81.0 Å². The number of para-hydroxylation sites is 1. The number of nitrogens with zero attached hydrogens (tertiary/aromatic N) is 3. The first-order valence-corrected chi connectivity index (χ1v) is 9.94. The van der Waals surface area contributed by atoms with Gasteiger partial charge in [0.1, 0.15) is 11.8 Å². The molecule has 3 aromatic rings. The van der Waals surface area contributed by atoms with Gasteiger partial charge in [0, 0.05) is 36.3 Å². The molecule has 0 spiro atoms. The van der Waals surface area contributed by atoms with Crippen LogP contribution in [-0.4, -0.2) is 24.0 Å². The van der Waals surface area contributed by atoms with E-state index in [2.05, 4.69) is 46.5 Å². The molecule has 2 N–H and O–H groups in total. The van der Waals surface area contributed by atoms with Crippen LogP contribution in [-0.2, 0) is 0 Å². The van der Waals surface area contributed by atoms with E-state index in [0.29, 0.717) is 22.6 Å². The summed E-state index contributed by atoms with van der Waals surface area (Å²) >= 11 is 0. The fourth-order valence-electron chi connectivity index (χ4n) is 3.24. The molecule has 3 rings (SSSR count). The molecule has 6 heteroatoms. The maximum atomic E-state index is 12.8. The predicted molar refractivity (Wildman–Crippen MR) is 121 cm³/mol. The van der Waals surface area contributed by atoms with Crippen LogP contribution in [0.1, 0.15) is 35.5 Å². The van der Waals surface area contributed by atoms with Crippen molar-refractivity contribution in [2.24, 2.45) is 0 Å². The Hall–Kier alpha value is -3.85. The van der Waals surface area contributed by atoms with Crippen molar-refractivity contribution >= 4 is 28.7 Å². The number of aromatic nitrogens is 1. The lowest BCUT2D eigenvalue weighted by molar-refractivity contribution is 0.102. The van der Waals surface area contributed by atoms with Crippen molar-refractivity contribution in [1.29, 1.82) is 5.26 Å². The molecule has 0 aliphatic heterocycles. The molecule has 0 saturated heterocycles. The maximum Gasteiger partial charge on any atom is 0.274 e. The number of pyridine rings is 1. The number of carbonyl (C=O) groups is 1. The van der Waals surface area contributed by atoms with E-state index >= 15 is 0 Å². The van der Waals surface area contributed by atoms with E-state index in [9.17, 15) is 10.1 Å². The Morgan fingerprint density at radius 3 is 2.53 bits per heavy atom. The van der Waals surface area contributed by atoms with Crippen molar-refractivity contribution in [2.45, 2.75) is 20.8 Å². The van der Waals surface area contributed by atoms with Crippen LogP contribution in [0, 0.1) is 18.3 Å². The van der Waals surface area contributed by atoms with Gasteiger partial charge in [-0.05, 0) is 68.8 Å². The highest BCUT2D eigenvalue weighted by molar-refractivity contribution is 6.04. The Morgan fingerprint density at radius 1 is 1.07 bits per heavy atom. The largest absolute Gasteiger partial charge is 0.372 e. The Kier molecular flexibility index (Phi) is 6.66. The van der Waals surface area contributed by atoms with Crippen LogP contribution in [0.15, 0.2) is 60.8 Å². The van der Waals surface area contributed by atoms with Crippen LogP contribution in [0.5, 0.6) is 0 Å². The number of hydrogen-bond donors (Lipinski definition) is 2. The molecular formula is C24H25N5O. The molecule has 30 heavy (non-hydrogen) atoms. The molecule has 0 atom stereocenters. The van der Waals surface area contributed by atoms with Crippen LogP contribution in [0.3, 0.4) is 0 Å². The predicted octanol–water partition coefficient (Wildman–Crippen LogP) is 5.10. The molecular weight excluding hydrogens is 374 g/mol. The van der Waals surface area contributed by atoms with Gasteiger partial charge in [0.15, 0.2) is 0 Å². The zero-order chi connectivity index (χ0) is 21.5. The number of carbonyl (C=O) groups excluding carboxylic acids is 1. The molecule has 1 amide bonds. The summed E-state index contributed by atoms with van der Waals surface area (Å²) in [5.41, 5.74) is 5.07. The van der Waals surface area contributed by atoms with Crippen molar-refractivity contribution in [2.75, 3.05) is 28.6 Å². The SMILES string of the molecule is CCN(CC)c1ccc(NC(=O)c2cc(Nc3ccccc3C#N)ccn2)c(C)c1. The third-order valence-corrected chi connectivity index (χ3v) is 4.91. The number of anilines is 4. The molecule has 1 heterocycles.